The van der Waals surface area contributed by atoms with Crippen molar-refractivity contribution in [1.29, 1.82) is 0 Å². The zero-order valence-electron chi connectivity index (χ0n) is 22.8. The van der Waals surface area contributed by atoms with E-state index in [-0.39, 0.29) is 11.7 Å². The zero-order chi connectivity index (χ0) is 27.1. The summed E-state index contributed by atoms with van der Waals surface area (Å²) in [6.45, 7) is 6.28. The molecule has 38 heavy (non-hydrogen) atoms. The molecule has 0 fully saturated rings. The number of hydrogen-bond acceptors (Lipinski definition) is 4. The highest BCUT2D eigenvalue weighted by atomic mass is 35.5. The summed E-state index contributed by atoms with van der Waals surface area (Å²) in [6, 6.07) is 11.6. The van der Waals surface area contributed by atoms with Gasteiger partial charge in [-0.05, 0) is 92.8 Å². The molecule has 4 rings (SSSR count). The molecule has 6 heteroatoms. The Kier molecular flexibility index (Phi) is 9.81. The largest absolute Gasteiger partial charge is 0.383 e. The van der Waals surface area contributed by atoms with E-state index in [0.717, 1.165) is 61.4 Å². The Hall–Kier alpha value is -2.89. The van der Waals surface area contributed by atoms with Crippen LogP contribution < -0.4 is 15.8 Å². The van der Waals surface area contributed by atoms with Crippen LogP contribution in [0.5, 0.6) is 0 Å². The van der Waals surface area contributed by atoms with E-state index in [9.17, 15) is 9.59 Å². The maximum atomic E-state index is 13.0. The van der Waals surface area contributed by atoms with Gasteiger partial charge in [-0.3, -0.25) is 9.59 Å². The van der Waals surface area contributed by atoms with Crippen LogP contribution in [0.25, 0.3) is 12.3 Å². The van der Waals surface area contributed by atoms with Crippen LogP contribution in [0.3, 0.4) is 0 Å². The van der Waals surface area contributed by atoms with Crippen LogP contribution in [0.4, 0.5) is 0 Å². The Bertz CT molecular complexity index is 1320. The van der Waals surface area contributed by atoms with Crippen LogP contribution in [0, 0.1) is 12.8 Å². The van der Waals surface area contributed by atoms with E-state index in [0.29, 0.717) is 41.3 Å². The Balaban J connectivity index is 1.48. The predicted octanol–water partition coefficient (Wildman–Crippen LogP) is 5.03. The highest BCUT2D eigenvalue weighted by molar-refractivity contribution is 6.31. The summed E-state index contributed by atoms with van der Waals surface area (Å²) >= 11 is 6.11. The number of Topliss-reactive ketones (excluding diaryl/α,β-unsaturated/α-hetero) is 1. The molecule has 2 atom stereocenters. The van der Waals surface area contributed by atoms with E-state index < -0.39 is 0 Å². The number of amides is 1. The Morgan fingerprint density at radius 3 is 2.79 bits per heavy atom. The molecule has 1 amide bonds. The van der Waals surface area contributed by atoms with Gasteiger partial charge >= 0.3 is 0 Å². The lowest BCUT2D eigenvalue weighted by Gasteiger charge is -2.31. The predicted molar refractivity (Wildman–Crippen MR) is 155 cm³/mol. The fourth-order valence-electron chi connectivity index (χ4n) is 5.49. The van der Waals surface area contributed by atoms with Gasteiger partial charge in [-0.15, -0.1) is 0 Å². The van der Waals surface area contributed by atoms with Crippen LogP contribution in [0.2, 0.25) is 5.02 Å². The summed E-state index contributed by atoms with van der Waals surface area (Å²) in [4.78, 5) is 28.3. The molecule has 2 aromatic rings. The fourth-order valence-corrected chi connectivity index (χ4v) is 5.68. The monoisotopic (exact) mass is 534 g/mol. The number of benzene rings is 2. The third-order valence-corrected chi connectivity index (χ3v) is 8.03. The minimum Gasteiger partial charge on any atom is -0.383 e. The van der Waals surface area contributed by atoms with Crippen LogP contribution in [-0.2, 0) is 4.74 Å². The molecule has 0 bridgehead atoms. The van der Waals surface area contributed by atoms with Crippen molar-refractivity contribution >= 4 is 35.6 Å². The number of nitrogens with zero attached hydrogens (tertiary/aromatic N) is 1. The summed E-state index contributed by atoms with van der Waals surface area (Å²) < 4.78 is 5.06. The molecule has 2 unspecified atom stereocenters. The smallest absolute Gasteiger partial charge is 0.251 e. The second-order valence-electron chi connectivity index (χ2n) is 10.5. The van der Waals surface area contributed by atoms with E-state index in [1.165, 1.54) is 5.22 Å². The van der Waals surface area contributed by atoms with E-state index in [2.05, 4.69) is 41.6 Å². The van der Waals surface area contributed by atoms with E-state index >= 15 is 0 Å². The summed E-state index contributed by atoms with van der Waals surface area (Å²) in [5, 5.41) is 5.87. The number of halogens is 1. The van der Waals surface area contributed by atoms with Gasteiger partial charge in [-0.1, -0.05) is 42.0 Å². The van der Waals surface area contributed by atoms with Gasteiger partial charge < -0.3 is 15.0 Å². The number of carbonyl (C=O) groups excluding carboxylic acids is 2. The molecule has 1 heterocycles. The van der Waals surface area contributed by atoms with Crippen molar-refractivity contribution in [2.24, 2.45) is 5.92 Å². The van der Waals surface area contributed by atoms with Crippen LogP contribution in [0.15, 0.2) is 48.0 Å². The number of fused-ring (bicyclic) bond motifs is 1. The van der Waals surface area contributed by atoms with Crippen LogP contribution >= 0.6 is 11.6 Å². The number of rotatable bonds is 8. The first kappa shape index (κ1) is 28.1. The highest BCUT2D eigenvalue weighted by Gasteiger charge is 2.21. The fraction of sp³-hybridized carbons (Fsp3) is 0.438. The van der Waals surface area contributed by atoms with Crippen molar-refractivity contribution in [2.45, 2.75) is 58.4 Å². The number of allylic oxidation sites excluding steroid dienone is 2. The number of ketones is 1. The van der Waals surface area contributed by atoms with Crippen LogP contribution in [-0.4, -0.2) is 49.4 Å². The lowest BCUT2D eigenvalue weighted by atomic mass is 9.88. The molecule has 0 saturated carbocycles. The van der Waals surface area contributed by atoms with Gasteiger partial charge in [-0.2, -0.15) is 0 Å². The number of methoxy groups -OCH3 is 1. The molecule has 1 aliphatic carbocycles. The van der Waals surface area contributed by atoms with Gasteiger partial charge in [0.25, 0.3) is 5.91 Å². The molecular weight excluding hydrogens is 496 g/mol. The van der Waals surface area contributed by atoms with Gasteiger partial charge in [-0.25, -0.2) is 0 Å². The maximum Gasteiger partial charge on any atom is 0.251 e. The summed E-state index contributed by atoms with van der Waals surface area (Å²) in [7, 11) is 1.63. The quantitative estimate of drug-likeness (QED) is 0.381. The molecule has 5 nitrogen and oxygen atoms in total. The minimum absolute atomic E-state index is 0.0606. The topological polar surface area (TPSA) is 58.6 Å². The SMILES string of the molecule is COCCNC(=O)c1ccc2c(c1C)=CN(CC1CCC=C(C(=O)c3cccc(Cl)c3)CCC1)C(C)CC=2. The lowest BCUT2D eigenvalue weighted by Crippen LogP contribution is -2.37. The summed E-state index contributed by atoms with van der Waals surface area (Å²) in [5.74, 6) is 0.592. The van der Waals surface area contributed by atoms with Gasteiger partial charge in [0.05, 0.1) is 6.61 Å². The highest BCUT2D eigenvalue weighted by Crippen LogP contribution is 2.27. The number of hydrogen-bond donors (Lipinski definition) is 1. The van der Waals surface area contributed by atoms with Gasteiger partial charge in [0.1, 0.15) is 0 Å². The van der Waals surface area contributed by atoms with E-state index in [1.807, 2.05) is 25.1 Å². The first-order valence-corrected chi connectivity index (χ1v) is 14.1. The first-order valence-electron chi connectivity index (χ1n) is 13.7. The molecule has 0 aromatic heterocycles. The Morgan fingerprint density at radius 2 is 2.00 bits per heavy atom. The number of carbonyl (C=O) groups is 2. The average Bonchev–Trinajstić information content (AvgIpc) is 3.04. The zero-order valence-corrected chi connectivity index (χ0v) is 23.5. The first-order chi connectivity index (χ1) is 18.4. The maximum absolute atomic E-state index is 13.0. The van der Waals surface area contributed by atoms with E-state index in [4.69, 9.17) is 16.3 Å². The number of nitrogens with one attached hydrogen (secondary N) is 1. The van der Waals surface area contributed by atoms with Gasteiger partial charge in [0.15, 0.2) is 5.78 Å². The van der Waals surface area contributed by atoms with Crippen molar-refractivity contribution in [3.05, 3.63) is 80.2 Å². The van der Waals surface area contributed by atoms with Crippen LogP contribution in [0.1, 0.15) is 71.7 Å². The minimum atomic E-state index is -0.0606. The van der Waals surface area contributed by atoms with Crippen molar-refractivity contribution in [2.75, 3.05) is 26.8 Å². The molecular formula is C32H39ClN2O3. The molecule has 1 aliphatic heterocycles. The summed E-state index contributed by atoms with van der Waals surface area (Å²) in [6.07, 6.45) is 12.5. The Labute approximate surface area is 231 Å². The molecule has 2 aliphatic rings. The van der Waals surface area contributed by atoms with E-state index in [1.54, 1.807) is 19.2 Å². The Morgan fingerprint density at radius 1 is 1.16 bits per heavy atom. The van der Waals surface area contributed by atoms with Crippen molar-refractivity contribution in [1.82, 2.24) is 10.2 Å². The molecule has 202 valence electrons. The second-order valence-corrected chi connectivity index (χ2v) is 10.9. The second kappa shape index (κ2) is 13.3. The lowest BCUT2D eigenvalue weighted by molar-refractivity contribution is 0.0935. The third kappa shape index (κ3) is 6.95. The van der Waals surface area contributed by atoms with Gasteiger partial charge in [0, 0.05) is 53.8 Å². The average molecular weight is 535 g/mol. The third-order valence-electron chi connectivity index (χ3n) is 7.80. The molecule has 0 spiro atoms. The molecule has 0 radical (unpaired) electrons. The number of ether oxygens (including phenoxy) is 1. The molecule has 0 saturated heterocycles. The van der Waals surface area contributed by atoms with Crippen molar-refractivity contribution < 1.29 is 14.3 Å². The molecule has 2 aromatic carbocycles. The van der Waals surface area contributed by atoms with Gasteiger partial charge in [0.2, 0.25) is 0 Å². The van der Waals surface area contributed by atoms with Crippen molar-refractivity contribution in [3.8, 4) is 0 Å². The normalized spacial score (nSPS) is 19.6. The van der Waals surface area contributed by atoms with Crippen molar-refractivity contribution in [3.63, 3.8) is 0 Å². The summed E-state index contributed by atoms with van der Waals surface area (Å²) in [5.41, 5.74) is 3.31. The molecule has 1 N–H and O–H groups in total. The standard InChI is InChI=1S/C32H39ClN2O3/c1-22-13-14-25-15-16-29(32(37)34-17-18-38-3)23(2)30(25)21-35(22)20-24-7-4-9-26(10-5-8-24)31(36)27-11-6-12-28(33)19-27/h6,9,11-12,14-16,19,21-22,24H,4-5,7-8,10,13,17-18,20H2,1-3H3,(H,34,37).